The highest BCUT2D eigenvalue weighted by Crippen LogP contribution is 2.33. The lowest BCUT2D eigenvalue weighted by atomic mass is 10.1. The molecule has 1 aromatic carbocycles. The van der Waals surface area contributed by atoms with Crippen molar-refractivity contribution in [3.8, 4) is 5.75 Å². The number of fused-ring (bicyclic) bond motifs is 1. The Morgan fingerprint density at radius 1 is 1.43 bits per heavy atom. The smallest absolute Gasteiger partial charge is 0.356 e. The number of carboxylic acid groups (broad SMARTS) is 1. The number of carboxylic acids is 1. The van der Waals surface area contributed by atoms with E-state index in [0.717, 1.165) is 16.7 Å². The van der Waals surface area contributed by atoms with Crippen molar-refractivity contribution in [2.75, 3.05) is 6.61 Å². The first-order valence-corrected chi connectivity index (χ1v) is 6.68. The highest BCUT2D eigenvalue weighted by Gasteiger charge is 2.18. The molecular formula is C14H11ClN2O4. The van der Waals surface area contributed by atoms with Gasteiger partial charge in [-0.3, -0.25) is 4.79 Å². The molecule has 6 nitrogen and oxygen atoms in total. The molecule has 0 atom stereocenters. The molecule has 0 unspecified atom stereocenters. The molecule has 3 rings (SSSR count). The Kier molecular flexibility index (Phi) is 3.39. The maximum absolute atomic E-state index is 11.8. The molecule has 0 spiro atoms. The van der Waals surface area contributed by atoms with Gasteiger partial charge in [-0.05, 0) is 23.8 Å². The zero-order chi connectivity index (χ0) is 15.0. The van der Waals surface area contributed by atoms with Gasteiger partial charge in [-0.1, -0.05) is 11.6 Å². The number of aromatic carboxylic acids is 1. The summed E-state index contributed by atoms with van der Waals surface area (Å²) in [6, 6.07) is 5.90. The molecular weight excluding hydrogens is 296 g/mol. The first-order valence-electron chi connectivity index (χ1n) is 6.30. The number of hydrogen-bond acceptors (Lipinski definition) is 4. The Morgan fingerprint density at radius 3 is 3.00 bits per heavy atom. The Balaban J connectivity index is 2.03. The minimum Gasteiger partial charge on any atom is -0.493 e. The molecule has 0 saturated carbocycles. The Morgan fingerprint density at radius 2 is 2.24 bits per heavy atom. The van der Waals surface area contributed by atoms with E-state index in [0.29, 0.717) is 22.9 Å². The van der Waals surface area contributed by atoms with Crippen LogP contribution in [0.2, 0.25) is 5.02 Å². The van der Waals surface area contributed by atoms with Gasteiger partial charge in [0.15, 0.2) is 5.69 Å². The maximum atomic E-state index is 11.8. The van der Waals surface area contributed by atoms with E-state index in [9.17, 15) is 9.59 Å². The molecule has 1 aliphatic rings. The van der Waals surface area contributed by atoms with Gasteiger partial charge < -0.3 is 9.84 Å². The molecule has 1 N–H and O–H groups in total. The van der Waals surface area contributed by atoms with Gasteiger partial charge in [-0.2, -0.15) is 5.10 Å². The van der Waals surface area contributed by atoms with Crippen LogP contribution < -0.4 is 10.3 Å². The van der Waals surface area contributed by atoms with Crippen LogP contribution in [0.1, 0.15) is 21.6 Å². The van der Waals surface area contributed by atoms with Gasteiger partial charge in [0.25, 0.3) is 5.56 Å². The lowest BCUT2D eigenvalue weighted by molar-refractivity contribution is 0.0687. The zero-order valence-corrected chi connectivity index (χ0v) is 11.6. The van der Waals surface area contributed by atoms with Crippen LogP contribution in [0, 0.1) is 0 Å². The van der Waals surface area contributed by atoms with Gasteiger partial charge in [0.05, 0.1) is 13.2 Å². The second kappa shape index (κ2) is 5.21. The fraction of sp³-hybridized carbons (Fsp3) is 0.214. The highest BCUT2D eigenvalue weighted by atomic mass is 35.5. The minimum absolute atomic E-state index is 0.114. The van der Waals surface area contributed by atoms with E-state index in [-0.39, 0.29) is 17.8 Å². The second-order valence-corrected chi connectivity index (χ2v) is 5.11. The van der Waals surface area contributed by atoms with Crippen LogP contribution in [0.4, 0.5) is 0 Å². The first-order chi connectivity index (χ1) is 10.0. The van der Waals surface area contributed by atoms with Crippen molar-refractivity contribution in [1.29, 1.82) is 0 Å². The molecule has 2 heterocycles. The van der Waals surface area contributed by atoms with Crippen LogP contribution >= 0.6 is 11.6 Å². The molecule has 7 heteroatoms. The Bertz CT molecular complexity index is 785. The summed E-state index contributed by atoms with van der Waals surface area (Å²) < 4.78 is 6.65. The van der Waals surface area contributed by atoms with Gasteiger partial charge in [-0.15, -0.1) is 0 Å². The SMILES string of the molecule is O=C(O)c1ccc(=O)n(Cc2cc(Cl)cc3c2OCC3)n1. The molecule has 108 valence electrons. The van der Waals surface area contributed by atoms with Crippen LogP contribution in [0.3, 0.4) is 0 Å². The van der Waals surface area contributed by atoms with Gasteiger partial charge in [0.1, 0.15) is 5.75 Å². The molecule has 0 saturated heterocycles. The fourth-order valence-electron chi connectivity index (χ4n) is 2.30. The van der Waals surface area contributed by atoms with Gasteiger partial charge in [0.2, 0.25) is 0 Å². The quantitative estimate of drug-likeness (QED) is 0.931. The van der Waals surface area contributed by atoms with Crippen molar-refractivity contribution in [3.05, 3.63) is 56.5 Å². The number of benzene rings is 1. The van der Waals surface area contributed by atoms with Crippen molar-refractivity contribution < 1.29 is 14.6 Å². The molecule has 0 radical (unpaired) electrons. The molecule has 1 aromatic heterocycles. The van der Waals surface area contributed by atoms with E-state index in [2.05, 4.69) is 5.10 Å². The summed E-state index contributed by atoms with van der Waals surface area (Å²) in [6.45, 7) is 0.684. The monoisotopic (exact) mass is 306 g/mol. The summed E-state index contributed by atoms with van der Waals surface area (Å²) in [5, 5.41) is 13.3. The highest BCUT2D eigenvalue weighted by molar-refractivity contribution is 6.30. The van der Waals surface area contributed by atoms with E-state index in [1.807, 2.05) is 6.07 Å². The molecule has 2 aromatic rings. The summed E-state index contributed by atoms with van der Waals surface area (Å²) in [4.78, 5) is 22.8. The molecule has 0 aliphatic carbocycles. The maximum Gasteiger partial charge on any atom is 0.356 e. The third-order valence-electron chi connectivity index (χ3n) is 3.23. The molecule has 0 bridgehead atoms. The number of halogens is 1. The first kappa shape index (κ1) is 13.6. The van der Waals surface area contributed by atoms with Gasteiger partial charge in [-0.25, -0.2) is 9.48 Å². The minimum atomic E-state index is -1.18. The summed E-state index contributed by atoms with van der Waals surface area (Å²) >= 11 is 6.06. The number of nitrogens with zero attached hydrogens (tertiary/aromatic N) is 2. The van der Waals surface area contributed by atoms with Crippen molar-refractivity contribution in [3.63, 3.8) is 0 Å². The topological polar surface area (TPSA) is 81.4 Å². The average Bonchev–Trinajstić information content (AvgIpc) is 2.89. The largest absolute Gasteiger partial charge is 0.493 e. The van der Waals surface area contributed by atoms with Gasteiger partial charge >= 0.3 is 5.97 Å². The normalized spacial score (nSPS) is 12.8. The summed E-state index contributed by atoms with van der Waals surface area (Å²) in [7, 11) is 0. The predicted molar refractivity (Wildman–Crippen MR) is 75.2 cm³/mol. The zero-order valence-electron chi connectivity index (χ0n) is 10.9. The fourth-order valence-corrected chi connectivity index (χ4v) is 2.56. The van der Waals surface area contributed by atoms with Crippen LogP contribution in [-0.4, -0.2) is 27.5 Å². The number of ether oxygens (including phenoxy) is 1. The predicted octanol–water partition coefficient (Wildman–Crippen LogP) is 1.58. The van der Waals surface area contributed by atoms with E-state index in [4.69, 9.17) is 21.4 Å². The van der Waals surface area contributed by atoms with Crippen LogP contribution in [-0.2, 0) is 13.0 Å². The van der Waals surface area contributed by atoms with Crippen molar-refractivity contribution in [2.45, 2.75) is 13.0 Å². The summed E-state index contributed by atoms with van der Waals surface area (Å²) in [6.07, 6.45) is 0.764. The Labute approximate surface area is 124 Å². The van der Waals surface area contributed by atoms with E-state index in [1.54, 1.807) is 6.07 Å². The van der Waals surface area contributed by atoms with Crippen molar-refractivity contribution in [2.24, 2.45) is 0 Å². The van der Waals surface area contributed by atoms with Crippen LogP contribution in [0.15, 0.2) is 29.1 Å². The van der Waals surface area contributed by atoms with E-state index >= 15 is 0 Å². The number of aromatic nitrogens is 2. The van der Waals surface area contributed by atoms with Gasteiger partial charge in [0, 0.05) is 23.1 Å². The van der Waals surface area contributed by atoms with Crippen molar-refractivity contribution >= 4 is 17.6 Å². The summed E-state index contributed by atoms with van der Waals surface area (Å²) in [5.41, 5.74) is 1.13. The molecule has 1 aliphatic heterocycles. The lowest BCUT2D eigenvalue weighted by Gasteiger charge is -2.10. The molecule has 0 fully saturated rings. The van der Waals surface area contributed by atoms with E-state index < -0.39 is 5.97 Å². The van der Waals surface area contributed by atoms with Crippen LogP contribution in [0.5, 0.6) is 5.75 Å². The van der Waals surface area contributed by atoms with Crippen molar-refractivity contribution in [1.82, 2.24) is 9.78 Å². The second-order valence-electron chi connectivity index (χ2n) is 4.67. The average molecular weight is 307 g/mol. The molecule has 0 amide bonds. The number of hydrogen-bond donors (Lipinski definition) is 1. The Hall–Kier alpha value is -2.34. The number of carbonyl (C=O) groups is 1. The summed E-state index contributed by atoms with van der Waals surface area (Å²) in [5.74, 6) is -0.481. The standard InChI is InChI=1S/C14H11ClN2O4/c15-10-5-8-3-4-21-13(8)9(6-10)7-17-12(18)2-1-11(16-17)14(19)20/h1-2,5-6H,3-4,7H2,(H,19,20). The molecule has 21 heavy (non-hydrogen) atoms. The third kappa shape index (κ3) is 2.62. The third-order valence-corrected chi connectivity index (χ3v) is 3.45. The van der Waals surface area contributed by atoms with E-state index in [1.165, 1.54) is 12.1 Å². The van der Waals surface area contributed by atoms with Crippen LogP contribution in [0.25, 0.3) is 0 Å². The lowest BCUT2D eigenvalue weighted by Crippen LogP contribution is -2.25. The number of rotatable bonds is 3.